The first kappa shape index (κ1) is 12.0. The molecule has 16 heavy (non-hydrogen) atoms. The SMILES string of the molecule is CC(OC(=O)/C=C\C(=O)O)c1ccccc1. The molecule has 1 N–H and O–H groups in total. The zero-order valence-corrected chi connectivity index (χ0v) is 8.79. The van der Waals surface area contributed by atoms with Gasteiger partial charge in [0.15, 0.2) is 0 Å². The number of carbonyl (C=O) groups is 2. The topological polar surface area (TPSA) is 63.6 Å². The lowest BCUT2D eigenvalue weighted by atomic mass is 10.1. The molecule has 0 saturated heterocycles. The molecular weight excluding hydrogens is 208 g/mol. The molecule has 1 rings (SSSR count). The molecule has 0 aliphatic rings. The average Bonchev–Trinajstić information content (AvgIpc) is 2.27. The third-order valence-electron chi connectivity index (χ3n) is 1.92. The quantitative estimate of drug-likeness (QED) is 0.622. The van der Waals surface area contributed by atoms with E-state index in [4.69, 9.17) is 9.84 Å². The van der Waals surface area contributed by atoms with Gasteiger partial charge < -0.3 is 9.84 Å². The number of rotatable bonds is 4. The molecule has 1 unspecified atom stereocenters. The Hall–Kier alpha value is -2.10. The number of carboxylic acids is 1. The lowest BCUT2D eigenvalue weighted by molar-refractivity contribution is -0.143. The molecule has 1 aromatic carbocycles. The Morgan fingerprint density at radius 2 is 1.88 bits per heavy atom. The number of hydrogen-bond acceptors (Lipinski definition) is 3. The molecule has 1 aromatic rings. The second-order valence-electron chi connectivity index (χ2n) is 3.16. The Morgan fingerprint density at radius 3 is 2.44 bits per heavy atom. The Kier molecular flexibility index (Phi) is 4.27. The maximum atomic E-state index is 11.2. The second-order valence-corrected chi connectivity index (χ2v) is 3.16. The van der Waals surface area contributed by atoms with Gasteiger partial charge in [-0.15, -0.1) is 0 Å². The van der Waals surface area contributed by atoms with Gasteiger partial charge in [-0.05, 0) is 12.5 Å². The first-order valence-electron chi connectivity index (χ1n) is 4.76. The van der Waals surface area contributed by atoms with E-state index < -0.39 is 18.0 Å². The zero-order valence-electron chi connectivity index (χ0n) is 8.79. The fourth-order valence-corrected chi connectivity index (χ4v) is 1.14. The van der Waals surface area contributed by atoms with E-state index in [-0.39, 0.29) is 0 Å². The van der Waals surface area contributed by atoms with E-state index in [0.717, 1.165) is 17.7 Å². The highest BCUT2D eigenvalue weighted by atomic mass is 16.5. The van der Waals surface area contributed by atoms with Crippen LogP contribution in [-0.4, -0.2) is 17.0 Å². The van der Waals surface area contributed by atoms with Crippen LogP contribution in [-0.2, 0) is 14.3 Å². The predicted octanol–water partition coefficient (Wildman–Crippen LogP) is 1.93. The zero-order chi connectivity index (χ0) is 12.0. The van der Waals surface area contributed by atoms with E-state index in [2.05, 4.69) is 0 Å². The summed E-state index contributed by atoms with van der Waals surface area (Å²) in [6, 6.07) is 9.21. The van der Waals surface area contributed by atoms with Crippen molar-refractivity contribution in [3.8, 4) is 0 Å². The van der Waals surface area contributed by atoms with Gasteiger partial charge in [-0.3, -0.25) is 0 Å². The van der Waals surface area contributed by atoms with Crippen LogP contribution >= 0.6 is 0 Å². The third kappa shape index (κ3) is 3.96. The van der Waals surface area contributed by atoms with E-state index >= 15 is 0 Å². The molecule has 0 aliphatic carbocycles. The predicted molar refractivity (Wildman–Crippen MR) is 57.7 cm³/mol. The van der Waals surface area contributed by atoms with Gasteiger partial charge in [0, 0.05) is 12.2 Å². The summed E-state index contributed by atoms with van der Waals surface area (Å²) in [5, 5.41) is 8.32. The summed E-state index contributed by atoms with van der Waals surface area (Å²) >= 11 is 0. The summed E-state index contributed by atoms with van der Waals surface area (Å²) in [6.45, 7) is 1.72. The van der Waals surface area contributed by atoms with Crippen molar-refractivity contribution in [1.29, 1.82) is 0 Å². The molecule has 1 atom stereocenters. The molecular formula is C12H12O4. The van der Waals surface area contributed by atoms with Crippen molar-refractivity contribution in [3.05, 3.63) is 48.0 Å². The second kappa shape index (κ2) is 5.70. The monoisotopic (exact) mass is 220 g/mol. The smallest absolute Gasteiger partial charge is 0.331 e. The molecule has 0 aromatic heterocycles. The largest absolute Gasteiger partial charge is 0.478 e. The number of carboxylic acid groups (broad SMARTS) is 1. The van der Waals surface area contributed by atoms with Gasteiger partial charge >= 0.3 is 11.9 Å². The lowest BCUT2D eigenvalue weighted by Gasteiger charge is -2.11. The van der Waals surface area contributed by atoms with E-state index in [1.54, 1.807) is 6.92 Å². The average molecular weight is 220 g/mol. The van der Waals surface area contributed by atoms with E-state index in [9.17, 15) is 9.59 Å². The number of ether oxygens (including phenoxy) is 1. The first-order chi connectivity index (χ1) is 7.59. The molecule has 0 aliphatic heterocycles. The van der Waals surface area contributed by atoms with Gasteiger partial charge in [0.05, 0.1) is 0 Å². The molecule has 0 bridgehead atoms. The molecule has 0 heterocycles. The van der Waals surface area contributed by atoms with Gasteiger partial charge in [0.25, 0.3) is 0 Å². The van der Waals surface area contributed by atoms with Crippen molar-refractivity contribution < 1.29 is 19.4 Å². The highest BCUT2D eigenvalue weighted by molar-refractivity contribution is 5.90. The molecule has 0 fully saturated rings. The van der Waals surface area contributed by atoms with Gasteiger partial charge in [-0.1, -0.05) is 30.3 Å². The highest BCUT2D eigenvalue weighted by Crippen LogP contribution is 2.15. The minimum absolute atomic E-state index is 0.396. The molecule has 0 amide bonds. The summed E-state index contributed by atoms with van der Waals surface area (Å²) in [7, 11) is 0. The van der Waals surface area contributed by atoms with Crippen LogP contribution in [0.15, 0.2) is 42.5 Å². The number of hydrogen-bond donors (Lipinski definition) is 1. The lowest BCUT2D eigenvalue weighted by Crippen LogP contribution is -2.06. The molecule has 0 spiro atoms. The minimum Gasteiger partial charge on any atom is -0.478 e. The number of benzene rings is 1. The summed E-state index contributed by atoms with van der Waals surface area (Å²) < 4.78 is 5.00. The van der Waals surface area contributed by atoms with Crippen molar-refractivity contribution in [2.75, 3.05) is 0 Å². The van der Waals surface area contributed by atoms with E-state index in [0.29, 0.717) is 0 Å². The number of aliphatic carboxylic acids is 1. The van der Waals surface area contributed by atoms with E-state index in [1.807, 2.05) is 30.3 Å². The van der Waals surface area contributed by atoms with Crippen molar-refractivity contribution >= 4 is 11.9 Å². The Labute approximate surface area is 93.2 Å². The number of carbonyl (C=O) groups excluding carboxylic acids is 1. The van der Waals surface area contributed by atoms with Crippen molar-refractivity contribution in [2.45, 2.75) is 13.0 Å². The maximum absolute atomic E-state index is 11.2. The van der Waals surface area contributed by atoms with Crippen LogP contribution in [0.3, 0.4) is 0 Å². The maximum Gasteiger partial charge on any atom is 0.331 e. The summed E-state index contributed by atoms with van der Waals surface area (Å²) in [5.41, 5.74) is 0.861. The molecule has 4 nitrogen and oxygen atoms in total. The fourth-order valence-electron chi connectivity index (χ4n) is 1.14. The van der Waals surface area contributed by atoms with Crippen molar-refractivity contribution in [3.63, 3.8) is 0 Å². The van der Waals surface area contributed by atoms with Crippen molar-refractivity contribution in [2.24, 2.45) is 0 Å². The number of esters is 1. The van der Waals surface area contributed by atoms with Crippen LogP contribution in [0.1, 0.15) is 18.6 Å². The van der Waals surface area contributed by atoms with Crippen LogP contribution < -0.4 is 0 Å². The highest BCUT2D eigenvalue weighted by Gasteiger charge is 2.08. The van der Waals surface area contributed by atoms with Crippen molar-refractivity contribution in [1.82, 2.24) is 0 Å². The van der Waals surface area contributed by atoms with Gasteiger partial charge in [0.2, 0.25) is 0 Å². The third-order valence-corrected chi connectivity index (χ3v) is 1.92. The molecule has 4 heteroatoms. The van der Waals surface area contributed by atoms with Crippen LogP contribution in [0.2, 0.25) is 0 Å². The van der Waals surface area contributed by atoms with E-state index in [1.165, 1.54) is 0 Å². The minimum atomic E-state index is -1.18. The van der Waals surface area contributed by atoms with Gasteiger partial charge in [-0.2, -0.15) is 0 Å². The summed E-state index contributed by atoms with van der Waals surface area (Å²) in [6.07, 6.45) is 1.24. The molecule has 84 valence electrons. The Morgan fingerprint density at radius 1 is 1.25 bits per heavy atom. The standard InChI is InChI=1S/C12H12O4/c1-9(10-5-3-2-4-6-10)16-12(15)8-7-11(13)14/h2-9H,1H3,(H,13,14)/b8-7-. The molecule has 0 saturated carbocycles. The summed E-state index contributed by atoms with van der Waals surface area (Å²) in [4.78, 5) is 21.3. The normalized spacial score (nSPS) is 12.3. The van der Waals surface area contributed by atoms with Gasteiger partial charge in [0.1, 0.15) is 6.10 Å². The molecule has 0 radical (unpaired) electrons. The summed E-state index contributed by atoms with van der Waals surface area (Å²) in [5.74, 6) is -1.84. The Bertz CT molecular complexity index is 395. The fraction of sp³-hybridized carbons (Fsp3) is 0.167. The van der Waals surface area contributed by atoms with Crippen LogP contribution in [0.4, 0.5) is 0 Å². The van der Waals surface area contributed by atoms with Crippen LogP contribution in [0.25, 0.3) is 0 Å². The Balaban J connectivity index is 2.55. The first-order valence-corrected chi connectivity index (χ1v) is 4.76. The van der Waals surface area contributed by atoms with Crippen LogP contribution in [0.5, 0.6) is 0 Å². The van der Waals surface area contributed by atoms with Crippen LogP contribution in [0, 0.1) is 0 Å². The van der Waals surface area contributed by atoms with Gasteiger partial charge in [-0.25, -0.2) is 9.59 Å².